The largest absolute Gasteiger partial charge is 0.370 e. The number of aromatic nitrogens is 3. The first-order valence-corrected chi connectivity index (χ1v) is 8.82. The predicted molar refractivity (Wildman–Crippen MR) is 93.8 cm³/mol. The third-order valence-electron chi connectivity index (χ3n) is 4.28. The number of hydrogen-bond acceptors (Lipinski definition) is 8. The number of nitrogens with zero attached hydrogens (tertiary/aromatic N) is 5. The van der Waals surface area contributed by atoms with Crippen LogP contribution in [0.3, 0.4) is 0 Å². The molecule has 0 radical (unpaired) electrons. The Morgan fingerprint density at radius 2 is 1.96 bits per heavy atom. The third kappa shape index (κ3) is 3.14. The van der Waals surface area contributed by atoms with Crippen molar-refractivity contribution in [2.75, 3.05) is 18.0 Å². The number of hydrogen-bond donors (Lipinski definition) is 0. The standard InChI is InChI=1S/C16H15N5O3S/c22-21(23)13-5-4-12(15-16(13)19-24-18-15)20-9-6-11(7-10-20)25-14-3-1-2-8-17-14/h1-5,8,11H,6-7,9-10H2. The van der Waals surface area contributed by atoms with E-state index in [-0.39, 0.29) is 11.2 Å². The number of fused-ring (bicyclic) bond motifs is 1. The molecule has 0 amide bonds. The van der Waals surface area contributed by atoms with E-state index in [2.05, 4.69) is 20.2 Å². The molecule has 0 atom stereocenters. The number of piperidine rings is 1. The van der Waals surface area contributed by atoms with Crippen molar-refractivity contribution in [3.05, 3.63) is 46.6 Å². The van der Waals surface area contributed by atoms with Crippen LogP contribution in [0.4, 0.5) is 11.4 Å². The summed E-state index contributed by atoms with van der Waals surface area (Å²) in [5.74, 6) is 0. The van der Waals surface area contributed by atoms with Crippen molar-refractivity contribution in [1.29, 1.82) is 0 Å². The summed E-state index contributed by atoms with van der Waals surface area (Å²) in [6.45, 7) is 1.70. The number of rotatable bonds is 4. The van der Waals surface area contributed by atoms with Crippen molar-refractivity contribution in [2.45, 2.75) is 23.1 Å². The van der Waals surface area contributed by atoms with Crippen LogP contribution in [-0.2, 0) is 0 Å². The summed E-state index contributed by atoms with van der Waals surface area (Å²) < 4.78 is 4.74. The first-order chi connectivity index (χ1) is 12.2. The van der Waals surface area contributed by atoms with Crippen LogP contribution in [0.1, 0.15) is 12.8 Å². The quantitative estimate of drug-likeness (QED) is 0.518. The van der Waals surface area contributed by atoms with E-state index in [0.29, 0.717) is 10.8 Å². The Hall–Kier alpha value is -2.68. The van der Waals surface area contributed by atoms with Gasteiger partial charge in [-0.15, -0.1) is 11.8 Å². The lowest BCUT2D eigenvalue weighted by Gasteiger charge is -2.33. The van der Waals surface area contributed by atoms with Crippen molar-refractivity contribution in [1.82, 2.24) is 15.3 Å². The molecule has 8 nitrogen and oxygen atoms in total. The van der Waals surface area contributed by atoms with Crippen LogP contribution in [0.15, 0.2) is 46.2 Å². The monoisotopic (exact) mass is 357 g/mol. The van der Waals surface area contributed by atoms with E-state index >= 15 is 0 Å². The molecule has 4 rings (SSSR count). The van der Waals surface area contributed by atoms with Crippen molar-refractivity contribution >= 4 is 34.2 Å². The van der Waals surface area contributed by atoms with Gasteiger partial charge in [0.1, 0.15) is 0 Å². The molecule has 0 aliphatic carbocycles. The Bertz CT molecular complexity index is 893. The van der Waals surface area contributed by atoms with E-state index in [0.717, 1.165) is 36.6 Å². The van der Waals surface area contributed by atoms with Crippen LogP contribution >= 0.6 is 11.8 Å². The number of anilines is 1. The SMILES string of the molecule is O=[N+]([O-])c1ccc(N2CCC(Sc3ccccn3)CC2)c2nonc12. The zero-order valence-corrected chi connectivity index (χ0v) is 14.1. The Balaban J connectivity index is 1.50. The van der Waals surface area contributed by atoms with Crippen molar-refractivity contribution in [3.8, 4) is 0 Å². The molecular weight excluding hydrogens is 342 g/mol. The van der Waals surface area contributed by atoms with Gasteiger partial charge < -0.3 is 4.90 Å². The van der Waals surface area contributed by atoms with Crippen LogP contribution < -0.4 is 4.90 Å². The lowest BCUT2D eigenvalue weighted by molar-refractivity contribution is -0.383. The zero-order chi connectivity index (χ0) is 17.2. The summed E-state index contributed by atoms with van der Waals surface area (Å²) in [4.78, 5) is 17.2. The Kier molecular flexibility index (Phi) is 4.22. The number of nitro benzene ring substituents is 1. The van der Waals surface area contributed by atoms with E-state index in [1.165, 1.54) is 6.07 Å². The molecule has 128 valence electrons. The highest BCUT2D eigenvalue weighted by atomic mass is 32.2. The van der Waals surface area contributed by atoms with Crippen LogP contribution in [-0.4, -0.2) is 38.6 Å². The molecule has 0 unspecified atom stereocenters. The van der Waals surface area contributed by atoms with Gasteiger partial charge in [-0.1, -0.05) is 6.07 Å². The van der Waals surface area contributed by atoms with Crippen LogP contribution in [0.5, 0.6) is 0 Å². The fourth-order valence-corrected chi connectivity index (χ4v) is 4.11. The first-order valence-electron chi connectivity index (χ1n) is 7.94. The topological polar surface area (TPSA) is 98.2 Å². The van der Waals surface area contributed by atoms with Crippen molar-refractivity contribution in [2.24, 2.45) is 0 Å². The second kappa shape index (κ2) is 6.67. The van der Waals surface area contributed by atoms with E-state index in [1.807, 2.05) is 24.4 Å². The molecule has 3 heterocycles. The third-order valence-corrected chi connectivity index (χ3v) is 5.57. The first kappa shape index (κ1) is 15.8. The molecule has 9 heteroatoms. The Morgan fingerprint density at radius 3 is 2.68 bits per heavy atom. The maximum Gasteiger partial charge on any atom is 0.300 e. The summed E-state index contributed by atoms with van der Waals surface area (Å²) in [5.41, 5.74) is 1.40. The highest BCUT2D eigenvalue weighted by Crippen LogP contribution is 2.35. The van der Waals surface area contributed by atoms with E-state index in [9.17, 15) is 10.1 Å². The number of benzene rings is 1. The van der Waals surface area contributed by atoms with Crippen LogP contribution in [0, 0.1) is 10.1 Å². The van der Waals surface area contributed by atoms with Gasteiger partial charge in [-0.2, -0.15) is 0 Å². The summed E-state index contributed by atoms with van der Waals surface area (Å²) in [5, 5.41) is 20.2. The van der Waals surface area contributed by atoms with Crippen molar-refractivity contribution in [3.63, 3.8) is 0 Å². The summed E-state index contributed by atoms with van der Waals surface area (Å²) in [7, 11) is 0. The normalized spacial score (nSPS) is 15.6. The lowest BCUT2D eigenvalue weighted by Crippen LogP contribution is -2.34. The highest BCUT2D eigenvalue weighted by molar-refractivity contribution is 7.99. The smallest absolute Gasteiger partial charge is 0.300 e. The summed E-state index contributed by atoms with van der Waals surface area (Å²) in [6, 6.07) is 9.14. The summed E-state index contributed by atoms with van der Waals surface area (Å²) in [6.07, 6.45) is 3.82. The average molecular weight is 357 g/mol. The molecule has 0 spiro atoms. The van der Waals surface area contributed by atoms with Crippen LogP contribution in [0.25, 0.3) is 11.0 Å². The Morgan fingerprint density at radius 1 is 1.16 bits per heavy atom. The molecule has 1 aromatic carbocycles. The number of pyridine rings is 1. The lowest BCUT2D eigenvalue weighted by atomic mass is 10.1. The van der Waals surface area contributed by atoms with E-state index < -0.39 is 4.92 Å². The molecule has 0 bridgehead atoms. The zero-order valence-electron chi connectivity index (χ0n) is 13.2. The van der Waals surface area contributed by atoms with Gasteiger partial charge in [-0.05, 0) is 41.4 Å². The molecule has 1 saturated heterocycles. The second-order valence-corrected chi connectivity index (χ2v) is 7.12. The van der Waals surface area contributed by atoms with Gasteiger partial charge in [0.2, 0.25) is 5.52 Å². The molecule has 3 aromatic rings. The highest BCUT2D eigenvalue weighted by Gasteiger charge is 2.26. The van der Waals surface area contributed by atoms with Gasteiger partial charge in [0, 0.05) is 30.6 Å². The van der Waals surface area contributed by atoms with Gasteiger partial charge in [0.25, 0.3) is 0 Å². The van der Waals surface area contributed by atoms with E-state index in [1.54, 1.807) is 17.8 Å². The second-order valence-electron chi connectivity index (χ2n) is 5.79. The minimum absolute atomic E-state index is 0.0828. The molecule has 0 saturated carbocycles. The van der Waals surface area contributed by atoms with Gasteiger partial charge in [0.05, 0.1) is 15.6 Å². The molecule has 1 aliphatic heterocycles. The van der Waals surface area contributed by atoms with Gasteiger partial charge in [-0.25, -0.2) is 9.61 Å². The van der Waals surface area contributed by atoms with Gasteiger partial charge in [0.15, 0.2) is 5.52 Å². The molecule has 2 aromatic heterocycles. The number of nitro groups is 1. The number of thioether (sulfide) groups is 1. The molecular formula is C16H15N5O3S. The fourth-order valence-electron chi connectivity index (χ4n) is 3.05. The van der Waals surface area contributed by atoms with Crippen molar-refractivity contribution < 1.29 is 9.55 Å². The molecule has 0 N–H and O–H groups in total. The number of non-ortho nitro benzene ring substituents is 1. The average Bonchev–Trinajstić information content (AvgIpc) is 3.12. The van der Waals surface area contributed by atoms with Gasteiger partial charge >= 0.3 is 5.69 Å². The molecule has 1 aliphatic rings. The molecule has 25 heavy (non-hydrogen) atoms. The van der Waals surface area contributed by atoms with E-state index in [4.69, 9.17) is 4.63 Å². The molecule has 1 fully saturated rings. The minimum atomic E-state index is -0.466. The van der Waals surface area contributed by atoms with Gasteiger partial charge in [-0.3, -0.25) is 10.1 Å². The predicted octanol–water partition coefficient (Wildman–Crippen LogP) is 3.29. The fraction of sp³-hybridized carbons (Fsp3) is 0.312. The Labute approximate surface area is 147 Å². The maximum absolute atomic E-state index is 11.1. The van der Waals surface area contributed by atoms with Crippen LogP contribution in [0.2, 0.25) is 0 Å². The minimum Gasteiger partial charge on any atom is -0.370 e. The maximum atomic E-state index is 11.1. The summed E-state index contributed by atoms with van der Waals surface area (Å²) >= 11 is 1.80.